The summed E-state index contributed by atoms with van der Waals surface area (Å²) >= 11 is 3.44. The predicted octanol–water partition coefficient (Wildman–Crippen LogP) is 2.73. The van der Waals surface area contributed by atoms with Crippen LogP contribution in [-0.4, -0.2) is 32.3 Å². The van der Waals surface area contributed by atoms with Gasteiger partial charge < -0.3 is 19.2 Å². The first-order valence-corrected chi connectivity index (χ1v) is 5.93. The third kappa shape index (κ3) is 1.92. The lowest BCUT2D eigenvalue weighted by Gasteiger charge is -2.09. The Kier molecular flexibility index (Phi) is 3.47. The van der Waals surface area contributed by atoms with E-state index < -0.39 is 5.97 Å². The number of esters is 1. The van der Waals surface area contributed by atoms with E-state index in [4.69, 9.17) is 9.47 Å². The largest absolute Gasteiger partial charge is 0.493 e. The van der Waals surface area contributed by atoms with Crippen LogP contribution in [0.4, 0.5) is 0 Å². The molecule has 1 aromatic carbocycles. The molecule has 1 N–H and O–H groups in total. The molecule has 2 aromatic rings. The molecule has 0 radical (unpaired) electrons. The molecule has 0 unspecified atom stereocenters. The van der Waals surface area contributed by atoms with Gasteiger partial charge in [0.15, 0.2) is 11.5 Å². The number of halogens is 1. The quantitative estimate of drug-likeness (QED) is 0.885. The summed E-state index contributed by atoms with van der Waals surface area (Å²) in [6.07, 6.45) is 0. The molecule has 0 saturated carbocycles. The minimum Gasteiger partial charge on any atom is -0.493 e. The van der Waals surface area contributed by atoms with E-state index in [2.05, 4.69) is 25.7 Å². The fourth-order valence-corrected chi connectivity index (χ4v) is 2.44. The Bertz CT molecular complexity index is 606. The van der Waals surface area contributed by atoms with Crippen molar-refractivity contribution in [2.75, 3.05) is 21.3 Å². The average Bonchev–Trinajstić information content (AvgIpc) is 2.81. The second-order valence-corrected chi connectivity index (χ2v) is 4.35. The molecule has 0 amide bonds. The maximum Gasteiger partial charge on any atom is 0.354 e. The molecule has 0 aliphatic carbocycles. The fraction of sp³-hybridized carbons (Fsp3) is 0.250. The van der Waals surface area contributed by atoms with Gasteiger partial charge in [0.2, 0.25) is 0 Å². The molecule has 1 aromatic heterocycles. The van der Waals surface area contributed by atoms with Crippen molar-refractivity contribution in [2.24, 2.45) is 0 Å². The van der Waals surface area contributed by atoms with Gasteiger partial charge in [0, 0.05) is 11.5 Å². The number of hydrogen-bond acceptors (Lipinski definition) is 4. The van der Waals surface area contributed by atoms with Crippen molar-refractivity contribution in [1.29, 1.82) is 0 Å². The van der Waals surface area contributed by atoms with E-state index in [-0.39, 0.29) is 0 Å². The predicted molar refractivity (Wildman–Crippen MR) is 70.4 cm³/mol. The molecule has 1 heterocycles. The van der Waals surface area contributed by atoms with Crippen LogP contribution in [0.3, 0.4) is 0 Å². The van der Waals surface area contributed by atoms with E-state index >= 15 is 0 Å². The highest BCUT2D eigenvalue weighted by molar-refractivity contribution is 9.10. The maximum absolute atomic E-state index is 11.5. The number of benzene rings is 1. The lowest BCUT2D eigenvalue weighted by atomic mass is 10.2. The molecule has 2 rings (SSSR count). The molecule has 0 spiro atoms. The van der Waals surface area contributed by atoms with Crippen LogP contribution in [0.15, 0.2) is 16.6 Å². The third-order valence-corrected chi connectivity index (χ3v) is 3.40. The zero-order valence-corrected chi connectivity index (χ0v) is 11.8. The molecule has 0 aliphatic rings. The zero-order chi connectivity index (χ0) is 13.3. The average molecular weight is 314 g/mol. The minimum atomic E-state index is -0.420. The fourth-order valence-electron chi connectivity index (χ4n) is 1.75. The summed E-state index contributed by atoms with van der Waals surface area (Å²) in [7, 11) is 4.45. The van der Waals surface area contributed by atoms with Gasteiger partial charge in [-0.05, 0) is 22.0 Å². The van der Waals surface area contributed by atoms with Crippen molar-refractivity contribution < 1.29 is 19.0 Å². The molecule has 0 atom stereocenters. The van der Waals surface area contributed by atoms with Crippen LogP contribution < -0.4 is 9.47 Å². The van der Waals surface area contributed by atoms with Crippen molar-refractivity contribution in [3.63, 3.8) is 0 Å². The summed E-state index contributed by atoms with van der Waals surface area (Å²) < 4.78 is 15.9. The molecule has 6 heteroatoms. The first kappa shape index (κ1) is 12.8. The maximum atomic E-state index is 11.5. The number of hydrogen-bond donors (Lipinski definition) is 1. The molecule has 0 bridgehead atoms. The molecular formula is C12H12BrNO4. The first-order chi connectivity index (χ1) is 8.62. The van der Waals surface area contributed by atoms with Gasteiger partial charge in [-0.1, -0.05) is 0 Å². The van der Waals surface area contributed by atoms with E-state index in [0.717, 1.165) is 15.4 Å². The van der Waals surface area contributed by atoms with Gasteiger partial charge >= 0.3 is 5.97 Å². The third-order valence-electron chi connectivity index (χ3n) is 2.61. The summed E-state index contributed by atoms with van der Waals surface area (Å²) in [5.74, 6) is 0.742. The lowest BCUT2D eigenvalue weighted by molar-refractivity contribution is 0.0595. The van der Waals surface area contributed by atoms with E-state index in [1.165, 1.54) is 7.11 Å². The monoisotopic (exact) mass is 313 g/mol. The number of carbonyl (C=O) groups excluding carboxylic acids is 1. The number of aromatic nitrogens is 1. The summed E-state index contributed by atoms with van der Waals surface area (Å²) in [5, 5.41) is 0.827. The molecule has 5 nitrogen and oxygen atoms in total. The number of carbonyl (C=O) groups is 1. The Hall–Kier alpha value is -1.69. The molecule has 0 saturated heterocycles. The molecular weight excluding hydrogens is 302 g/mol. The summed E-state index contributed by atoms with van der Waals surface area (Å²) in [6, 6.07) is 3.47. The van der Waals surface area contributed by atoms with Crippen molar-refractivity contribution >= 4 is 32.8 Å². The standard InChI is InChI=1S/C12H12BrNO4/c1-16-9-5-7-6(10(13)11(9)17-2)4-8(14-7)12(15)18-3/h4-5,14H,1-3H3. The van der Waals surface area contributed by atoms with Crippen LogP contribution in [0.1, 0.15) is 10.5 Å². The van der Waals surface area contributed by atoms with E-state index in [0.29, 0.717) is 17.2 Å². The van der Waals surface area contributed by atoms with Crippen LogP contribution in [0.5, 0.6) is 11.5 Å². The van der Waals surface area contributed by atoms with Crippen LogP contribution in [0.2, 0.25) is 0 Å². The highest BCUT2D eigenvalue weighted by atomic mass is 79.9. The van der Waals surface area contributed by atoms with Gasteiger partial charge in [0.1, 0.15) is 5.69 Å². The van der Waals surface area contributed by atoms with Gasteiger partial charge in [-0.25, -0.2) is 4.79 Å². The Morgan fingerprint density at radius 2 is 1.94 bits per heavy atom. The van der Waals surface area contributed by atoms with Crippen molar-refractivity contribution in [3.05, 3.63) is 22.3 Å². The Morgan fingerprint density at radius 1 is 1.22 bits per heavy atom. The van der Waals surface area contributed by atoms with Crippen LogP contribution >= 0.6 is 15.9 Å². The number of nitrogens with one attached hydrogen (secondary N) is 1. The summed E-state index contributed by atoms with van der Waals surface area (Å²) in [5.41, 5.74) is 1.14. The van der Waals surface area contributed by atoms with Crippen LogP contribution in [-0.2, 0) is 4.74 Å². The molecule has 18 heavy (non-hydrogen) atoms. The highest BCUT2D eigenvalue weighted by Crippen LogP contribution is 2.41. The topological polar surface area (TPSA) is 60.6 Å². The van der Waals surface area contributed by atoms with Gasteiger partial charge in [-0.15, -0.1) is 0 Å². The number of H-pyrrole nitrogens is 1. The Balaban J connectivity index is 2.69. The van der Waals surface area contributed by atoms with Gasteiger partial charge in [-0.3, -0.25) is 0 Å². The Morgan fingerprint density at radius 3 is 2.50 bits per heavy atom. The SMILES string of the molecule is COC(=O)c1cc2c(Br)c(OC)c(OC)cc2[nH]1. The normalized spacial score (nSPS) is 10.4. The number of ether oxygens (including phenoxy) is 3. The van der Waals surface area contributed by atoms with Crippen molar-refractivity contribution in [1.82, 2.24) is 4.98 Å². The van der Waals surface area contributed by atoms with Crippen LogP contribution in [0.25, 0.3) is 10.9 Å². The second kappa shape index (κ2) is 4.89. The zero-order valence-electron chi connectivity index (χ0n) is 10.2. The van der Waals surface area contributed by atoms with Gasteiger partial charge in [0.25, 0.3) is 0 Å². The minimum absolute atomic E-state index is 0.378. The van der Waals surface area contributed by atoms with E-state index in [9.17, 15) is 4.79 Å². The number of methoxy groups -OCH3 is 3. The van der Waals surface area contributed by atoms with Crippen molar-refractivity contribution in [2.45, 2.75) is 0 Å². The van der Waals surface area contributed by atoms with Gasteiger partial charge in [-0.2, -0.15) is 0 Å². The van der Waals surface area contributed by atoms with Crippen molar-refractivity contribution in [3.8, 4) is 11.5 Å². The summed E-state index contributed by atoms with van der Waals surface area (Å²) in [6.45, 7) is 0. The van der Waals surface area contributed by atoms with Gasteiger partial charge in [0.05, 0.1) is 31.3 Å². The molecule has 0 aliphatic heterocycles. The number of rotatable bonds is 3. The smallest absolute Gasteiger partial charge is 0.354 e. The van der Waals surface area contributed by atoms with E-state index in [1.54, 1.807) is 26.4 Å². The molecule has 96 valence electrons. The second-order valence-electron chi connectivity index (χ2n) is 3.56. The van der Waals surface area contributed by atoms with E-state index in [1.807, 2.05) is 0 Å². The highest BCUT2D eigenvalue weighted by Gasteiger charge is 2.17. The summed E-state index contributed by atoms with van der Waals surface area (Å²) in [4.78, 5) is 14.4. The first-order valence-electron chi connectivity index (χ1n) is 5.13. The lowest BCUT2D eigenvalue weighted by Crippen LogP contribution is -2.00. The Labute approximate surface area is 112 Å². The number of fused-ring (bicyclic) bond motifs is 1. The van der Waals surface area contributed by atoms with Crippen LogP contribution in [0, 0.1) is 0 Å². The number of aromatic amines is 1. The molecule has 0 fully saturated rings.